The van der Waals surface area contributed by atoms with Gasteiger partial charge in [0, 0.05) is 25.5 Å². The van der Waals surface area contributed by atoms with E-state index in [1.807, 2.05) is 24.0 Å². The number of nitrogens with zero attached hydrogens (tertiary/aromatic N) is 5. The molecule has 0 spiro atoms. The summed E-state index contributed by atoms with van der Waals surface area (Å²) in [7, 11) is 0. The Morgan fingerprint density at radius 2 is 2.20 bits per heavy atom. The normalized spacial score (nSPS) is 10.5. The predicted molar refractivity (Wildman–Crippen MR) is 76.0 cm³/mol. The maximum absolute atomic E-state index is 5.80. The summed E-state index contributed by atoms with van der Waals surface area (Å²) >= 11 is 5.80. The quantitative estimate of drug-likeness (QED) is 0.751. The summed E-state index contributed by atoms with van der Waals surface area (Å²) in [5, 5.41) is 3.24. The highest BCUT2D eigenvalue weighted by atomic mass is 35.5. The zero-order valence-corrected chi connectivity index (χ0v) is 12.0. The van der Waals surface area contributed by atoms with Gasteiger partial charge >= 0.3 is 6.01 Å². The van der Waals surface area contributed by atoms with E-state index in [0.29, 0.717) is 12.6 Å². The summed E-state index contributed by atoms with van der Waals surface area (Å²) < 4.78 is 7.26. The summed E-state index contributed by atoms with van der Waals surface area (Å²) in [6, 6.07) is 0.244. The van der Waals surface area contributed by atoms with Crippen LogP contribution in [0, 0.1) is 0 Å². The van der Waals surface area contributed by atoms with Crippen LogP contribution in [0.25, 0.3) is 0 Å². The summed E-state index contributed by atoms with van der Waals surface area (Å²) in [5.41, 5.74) is 0. The molecule has 108 valence electrons. The minimum atomic E-state index is 0.129. The molecular weight excluding hydrogens is 280 g/mol. The number of ether oxygens (including phenoxy) is 1. The lowest BCUT2D eigenvalue weighted by atomic mass is 10.3. The van der Waals surface area contributed by atoms with E-state index in [0.717, 1.165) is 25.9 Å². The lowest BCUT2D eigenvalue weighted by Gasteiger charge is -2.07. The smallest absolute Gasteiger partial charge is 0.322 e. The van der Waals surface area contributed by atoms with Crippen LogP contribution in [0.1, 0.15) is 19.8 Å². The van der Waals surface area contributed by atoms with Gasteiger partial charge < -0.3 is 14.6 Å². The lowest BCUT2D eigenvalue weighted by Crippen LogP contribution is -2.09. The van der Waals surface area contributed by atoms with Crippen molar-refractivity contribution >= 4 is 17.5 Å². The molecule has 0 radical (unpaired) electrons. The molecule has 0 amide bonds. The topological polar surface area (TPSA) is 77.8 Å². The number of aryl methyl sites for hydroxylation is 1. The molecule has 8 heteroatoms. The van der Waals surface area contributed by atoms with Crippen molar-refractivity contribution in [3.05, 3.63) is 24.0 Å². The molecule has 0 aliphatic carbocycles. The van der Waals surface area contributed by atoms with Gasteiger partial charge in [-0.1, -0.05) is 0 Å². The molecule has 0 saturated heterocycles. The number of unbranched alkanes of at least 4 members (excludes halogenated alkanes) is 1. The number of hydrogen-bond acceptors (Lipinski definition) is 6. The fraction of sp³-hybridized carbons (Fsp3) is 0.500. The van der Waals surface area contributed by atoms with Crippen molar-refractivity contribution in [2.24, 2.45) is 0 Å². The van der Waals surface area contributed by atoms with Crippen molar-refractivity contribution < 1.29 is 4.74 Å². The maximum atomic E-state index is 5.80. The Bertz CT molecular complexity index is 519. The molecule has 2 rings (SSSR count). The average Bonchev–Trinajstić information content (AvgIpc) is 2.91. The van der Waals surface area contributed by atoms with Gasteiger partial charge in [-0.25, -0.2) is 4.98 Å². The highest BCUT2D eigenvalue weighted by Crippen LogP contribution is 2.11. The second kappa shape index (κ2) is 7.64. The fourth-order valence-electron chi connectivity index (χ4n) is 1.64. The molecule has 1 N–H and O–H groups in total. The molecule has 2 aromatic heterocycles. The van der Waals surface area contributed by atoms with Crippen LogP contribution in [0.3, 0.4) is 0 Å². The first-order valence-electron chi connectivity index (χ1n) is 6.52. The molecule has 0 aliphatic rings. The van der Waals surface area contributed by atoms with Crippen molar-refractivity contribution in [3.8, 4) is 6.01 Å². The van der Waals surface area contributed by atoms with Crippen LogP contribution in [-0.4, -0.2) is 37.7 Å². The van der Waals surface area contributed by atoms with Gasteiger partial charge in [0.05, 0.1) is 12.9 Å². The Hall–Kier alpha value is -1.89. The van der Waals surface area contributed by atoms with Crippen LogP contribution in [0.5, 0.6) is 6.01 Å². The van der Waals surface area contributed by atoms with Crippen LogP contribution in [-0.2, 0) is 6.54 Å². The van der Waals surface area contributed by atoms with Crippen molar-refractivity contribution in [1.82, 2.24) is 24.5 Å². The molecule has 0 atom stereocenters. The molecule has 20 heavy (non-hydrogen) atoms. The maximum Gasteiger partial charge on any atom is 0.322 e. The standard InChI is InChI=1S/C12H17ClN6O/c1-2-20-12-17-10(13)16-11(18-12)15-5-3-4-7-19-8-6-14-9-19/h6,8-9H,2-5,7H2,1H3,(H,15,16,17,18). The summed E-state index contributed by atoms with van der Waals surface area (Å²) in [6.07, 6.45) is 7.58. The molecule has 0 saturated carbocycles. The molecule has 0 aliphatic heterocycles. The highest BCUT2D eigenvalue weighted by molar-refractivity contribution is 6.28. The molecule has 7 nitrogen and oxygen atoms in total. The van der Waals surface area contributed by atoms with Gasteiger partial charge in [-0.05, 0) is 31.4 Å². The summed E-state index contributed by atoms with van der Waals surface area (Å²) in [6.45, 7) is 4.07. The van der Waals surface area contributed by atoms with Crippen LogP contribution in [0.2, 0.25) is 5.28 Å². The monoisotopic (exact) mass is 296 g/mol. The molecule has 2 aromatic rings. The number of rotatable bonds is 8. The predicted octanol–water partition coefficient (Wildman–Crippen LogP) is 2.01. The van der Waals surface area contributed by atoms with Crippen molar-refractivity contribution in [1.29, 1.82) is 0 Å². The van der Waals surface area contributed by atoms with Gasteiger partial charge in [0.15, 0.2) is 0 Å². The largest absolute Gasteiger partial charge is 0.464 e. The molecule has 2 heterocycles. The Morgan fingerprint density at radius 1 is 1.30 bits per heavy atom. The number of halogens is 1. The first kappa shape index (κ1) is 14.5. The summed E-state index contributed by atoms with van der Waals surface area (Å²) in [4.78, 5) is 16.0. The minimum Gasteiger partial charge on any atom is -0.464 e. The number of hydrogen-bond donors (Lipinski definition) is 1. The van der Waals surface area contributed by atoms with Crippen LogP contribution in [0.15, 0.2) is 18.7 Å². The van der Waals surface area contributed by atoms with E-state index in [9.17, 15) is 0 Å². The molecule has 0 unspecified atom stereocenters. The average molecular weight is 297 g/mol. The van der Waals surface area contributed by atoms with Gasteiger partial charge in [-0.3, -0.25) is 0 Å². The zero-order chi connectivity index (χ0) is 14.2. The zero-order valence-electron chi connectivity index (χ0n) is 11.3. The summed E-state index contributed by atoms with van der Waals surface area (Å²) in [5.74, 6) is 0.441. The highest BCUT2D eigenvalue weighted by Gasteiger charge is 2.04. The van der Waals surface area contributed by atoms with Crippen LogP contribution in [0.4, 0.5) is 5.95 Å². The Labute approximate surface area is 122 Å². The van der Waals surface area contributed by atoms with E-state index < -0.39 is 0 Å². The molecule has 0 aromatic carbocycles. The van der Waals surface area contributed by atoms with Crippen LogP contribution < -0.4 is 10.1 Å². The van der Waals surface area contributed by atoms with Gasteiger partial charge in [0.1, 0.15) is 0 Å². The SMILES string of the molecule is CCOc1nc(Cl)nc(NCCCCn2ccnc2)n1. The molecule has 0 bridgehead atoms. The lowest BCUT2D eigenvalue weighted by molar-refractivity contribution is 0.312. The number of aromatic nitrogens is 5. The second-order valence-corrected chi connectivity index (χ2v) is 4.42. The fourth-order valence-corrected chi connectivity index (χ4v) is 1.80. The third kappa shape index (κ3) is 4.65. The van der Waals surface area contributed by atoms with Crippen molar-refractivity contribution in [3.63, 3.8) is 0 Å². The Kier molecular flexibility index (Phi) is 5.55. The van der Waals surface area contributed by atoms with E-state index in [-0.39, 0.29) is 11.3 Å². The first-order valence-corrected chi connectivity index (χ1v) is 6.89. The third-order valence-corrected chi connectivity index (χ3v) is 2.72. The number of nitrogens with one attached hydrogen (secondary N) is 1. The van der Waals surface area contributed by atoms with E-state index in [1.54, 1.807) is 6.20 Å². The van der Waals surface area contributed by atoms with E-state index in [1.165, 1.54) is 0 Å². The van der Waals surface area contributed by atoms with Gasteiger partial charge in [-0.15, -0.1) is 0 Å². The van der Waals surface area contributed by atoms with E-state index in [2.05, 4.69) is 25.3 Å². The molecular formula is C12H17ClN6O. The third-order valence-electron chi connectivity index (χ3n) is 2.55. The van der Waals surface area contributed by atoms with Gasteiger partial charge in [-0.2, -0.15) is 15.0 Å². The van der Waals surface area contributed by atoms with Gasteiger partial charge in [0.2, 0.25) is 11.2 Å². The van der Waals surface area contributed by atoms with Crippen molar-refractivity contribution in [2.45, 2.75) is 26.3 Å². The number of anilines is 1. The van der Waals surface area contributed by atoms with E-state index >= 15 is 0 Å². The van der Waals surface area contributed by atoms with E-state index in [4.69, 9.17) is 16.3 Å². The first-order chi connectivity index (χ1) is 9.78. The Balaban J connectivity index is 1.73. The van der Waals surface area contributed by atoms with Crippen LogP contribution >= 0.6 is 11.6 Å². The minimum absolute atomic E-state index is 0.129. The molecule has 0 fully saturated rings. The Morgan fingerprint density at radius 3 is 2.95 bits per heavy atom. The van der Waals surface area contributed by atoms with Crippen molar-refractivity contribution in [2.75, 3.05) is 18.5 Å². The second-order valence-electron chi connectivity index (χ2n) is 4.08. The van der Waals surface area contributed by atoms with Gasteiger partial charge in [0.25, 0.3) is 0 Å². The number of imidazole rings is 1.